The van der Waals surface area contributed by atoms with Crippen molar-refractivity contribution in [3.8, 4) is 0 Å². The molecule has 3 N–H and O–H groups in total. The largest absolute Gasteiger partial charge is 0.307 e. The van der Waals surface area contributed by atoms with Crippen LogP contribution in [0.2, 0.25) is 0 Å². The first-order valence-corrected chi connectivity index (χ1v) is 12.6. The van der Waals surface area contributed by atoms with Gasteiger partial charge in [-0.05, 0) is 121 Å². The van der Waals surface area contributed by atoms with Crippen LogP contribution in [-0.2, 0) is 4.79 Å². The smallest absolute Gasteiger partial charge is 0.143 e. The third-order valence-corrected chi connectivity index (χ3v) is 8.20. The van der Waals surface area contributed by atoms with Crippen molar-refractivity contribution in [3.63, 3.8) is 0 Å². The maximum atomic E-state index is 14.5. The van der Waals surface area contributed by atoms with Crippen molar-refractivity contribution in [1.82, 2.24) is 16.0 Å². The van der Waals surface area contributed by atoms with Crippen molar-refractivity contribution in [1.29, 1.82) is 0 Å². The maximum Gasteiger partial charge on any atom is 0.143 e. The van der Waals surface area contributed by atoms with Gasteiger partial charge in [0.15, 0.2) is 0 Å². The Morgan fingerprint density at radius 3 is 1.03 bits per heavy atom. The van der Waals surface area contributed by atoms with Crippen molar-refractivity contribution in [3.05, 3.63) is 0 Å². The van der Waals surface area contributed by atoms with E-state index in [1.165, 1.54) is 0 Å². The summed E-state index contributed by atoms with van der Waals surface area (Å²) in [6, 6.07) is 0. The molecule has 3 fully saturated rings. The van der Waals surface area contributed by atoms with Crippen LogP contribution in [0.15, 0.2) is 0 Å². The second kappa shape index (κ2) is 7.27. The molecule has 0 aromatic carbocycles. The van der Waals surface area contributed by atoms with Crippen LogP contribution < -0.4 is 16.0 Å². The van der Waals surface area contributed by atoms with Gasteiger partial charge in [0.1, 0.15) is 5.78 Å². The molecule has 3 rings (SSSR count). The fraction of sp³-hybridized carbons (Fsp3) is 0.963. The van der Waals surface area contributed by atoms with Crippen LogP contribution in [0.25, 0.3) is 0 Å². The van der Waals surface area contributed by atoms with E-state index in [0.717, 1.165) is 25.7 Å². The molecule has 31 heavy (non-hydrogen) atoms. The average molecular weight is 434 g/mol. The SMILES string of the molecule is CC1(C)CC(C2C(=O)C(C3CC(C)(C)NC(C)(C)C3)C(C)(C)NC2(C)C)CC(C)(C)N1. The molecule has 3 heterocycles. The zero-order valence-corrected chi connectivity index (χ0v) is 22.5. The highest BCUT2D eigenvalue weighted by Gasteiger charge is 2.58. The van der Waals surface area contributed by atoms with E-state index in [-0.39, 0.29) is 45.1 Å². The lowest BCUT2D eigenvalue weighted by molar-refractivity contribution is -0.147. The Hall–Kier alpha value is -0.450. The molecule has 0 radical (unpaired) electrons. The minimum absolute atomic E-state index is 0.0456. The zero-order chi connectivity index (χ0) is 23.8. The molecule has 3 saturated heterocycles. The summed E-state index contributed by atoms with van der Waals surface area (Å²) in [6.45, 7) is 27.5. The lowest BCUT2D eigenvalue weighted by Crippen LogP contribution is -2.73. The second-order valence-corrected chi connectivity index (χ2v) is 15.0. The van der Waals surface area contributed by atoms with E-state index < -0.39 is 0 Å². The number of piperidine rings is 3. The number of hydrogen-bond acceptors (Lipinski definition) is 4. The molecule has 0 aliphatic carbocycles. The second-order valence-electron chi connectivity index (χ2n) is 15.0. The minimum Gasteiger partial charge on any atom is -0.307 e. The summed E-state index contributed by atoms with van der Waals surface area (Å²) in [5.74, 6) is 1.40. The Morgan fingerprint density at radius 1 is 0.516 bits per heavy atom. The molecule has 0 aromatic heterocycles. The first-order valence-electron chi connectivity index (χ1n) is 12.6. The third kappa shape index (κ3) is 5.22. The van der Waals surface area contributed by atoms with Gasteiger partial charge >= 0.3 is 0 Å². The number of ketones is 1. The van der Waals surface area contributed by atoms with Gasteiger partial charge in [0.05, 0.1) is 0 Å². The zero-order valence-electron chi connectivity index (χ0n) is 22.5. The van der Waals surface area contributed by atoms with Gasteiger partial charge in [0.2, 0.25) is 0 Å². The normalized spacial score (nSPS) is 36.8. The summed E-state index contributed by atoms with van der Waals surface area (Å²) >= 11 is 0. The van der Waals surface area contributed by atoms with Crippen LogP contribution in [-0.4, -0.2) is 39.0 Å². The molecule has 180 valence electrons. The topological polar surface area (TPSA) is 53.2 Å². The van der Waals surface area contributed by atoms with Gasteiger partial charge in [-0.25, -0.2) is 0 Å². The highest BCUT2D eigenvalue weighted by molar-refractivity contribution is 5.87. The number of rotatable bonds is 2. The number of hydrogen-bond donors (Lipinski definition) is 3. The van der Waals surface area contributed by atoms with E-state index in [0.29, 0.717) is 17.6 Å². The summed E-state index contributed by atoms with van der Waals surface area (Å²) in [7, 11) is 0. The van der Waals surface area contributed by atoms with E-state index in [1.54, 1.807) is 0 Å². The molecule has 3 aliphatic rings. The standard InChI is InChI=1S/C27H51N3O/c1-22(2)13-17(14-23(3,4)28-22)19-21(31)20(27(11,12)30-26(19,9)10)18-15-24(5,6)29-25(7,8)16-18/h17-20,28-30H,13-16H2,1-12H3. The van der Waals surface area contributed by atoms with Gasteiger partial charge in [-0.15, -0.1) is 0 Å². The highest BCUT2D eigenvalue weighted by atomic mass is 16.1. The van der Waals surface area contributed by atoms with Crippen LogP contribution in [0.5, 0.6) is 0 Å². The number of Topliss-reactive ketones (excluding diaryl/α,β-unsaturated/α-hetero) is 1. The van der Waals surface area contributed by atoms with Crippen LogP contribution >= 0.6 is 0 Å². The molecular weight excluding hydrogens is 382 g/mol. The first kappa shape index (κ1) is 25.2. The maximum absolute atomic E-state index is 14.5. The molecule has 3 aliphatic heterocycles. The summed E-state index contributed by atoms with van der Waals surface area (Å²) in [5.41, 5.74) is -0.228. The monoisotopic (exact) mass is 433 g/mol. The molecule has 0 aromatic rings. The highest BCUT2D eigenvalue weighted by Crippen LogP contribution is 2.50. The molecule has 0 spiro atoms. The molecule has 0 amide bonds. The molecule has 4 nitrogen and oxygen atoms in total. The van der Waals surface area contributed by atoms with E-state index in [1.807, 2.05) is 0 Å². The number of carbonyl (C=O) groups is 1. The summed E-state index contributed by atoms with van der Waals surface area (Å²) in [5, 5.41) is 11.6. The van der Waals surface area contributed by atoms with E-state index in [4.69, 9.17) is 0 Å². The van der Waals surface area contributed by atoms with Crippen molar-refractivity contribution < 1.29 is 4.79 Å². The minimum atomic E-state index is -0.205. The van der Waals surface area contributed by atoms with Gasteiger partial charge in [-0.3, -0.25) is 4.79 Å². The van der Waals surface area contributed by atoms with Gasteiger partial charge in [-0.2, -0.15) is 0 Å². The Balaban J connectivity index is 2.00. The van der Waals surface area contributed by atoms with Crippen molar-refractivity contribution in [2.24, 2.45) is 23.7 Å². The van der Waals surface area contributed by atoms with Crippen LogP contribution in [0, 0.1) is 23.7 Å². The van der Waals surface area contributed by atoms with Crippen molar-refractivity contribution >= 4 is 5.78 Å². The molecule has 2 unspecified atom stereocenters. The van der Waals surface area contributed by atoms with Gasteiger partial charge in [0, 0.05) is 45.1 Å². The molecule has 0 bridgehead atoms. The van der Waals surface area contributed by atoms with Crippen LogP contribution in [0.4, 0.5) is 0 Å². The Morgan fingerprint density at radius 2 is 0.774 bits per heavy atom. The Kier molecular flexibility index (Phi) is 5.91. The first-order chi connectivity index (χ1) is 13.7. The van der Waals surface area contributed by atoms with Crippen molar-refractivity contribution in [2.45, 2.75) is 142 Å². The Bertz CT molecular complexity index is 626. The summed E-state index contributed by atoms with van der Waals surface area (Å²) in [6.07, 6.45) is 4.20. The van der Waals surface area contributed by atoms with Gasteiger partial charge < -0.3 is 16.0 Å². The Labute approximate surface area is 192 Å². The number of carbonyl (C=O) groups excluding carboxylic acids is 1. The van der Waals surface area contributed by atoms with Gasteiger partial charge in [-0.1, -0.05) is 0 Å². The number of nitrogens with one attached hydrogen (secondary N) is 3. The third-order valence-electron chi connectivity index (χ3n) is 8.20. The fourth-order valence-corrected chi connectivity index (χ4v) is 8.81. The lowest BCUT2D eigenvalue weighted by Gasteiger charge is -2.59. The van der Waals surface area contributed by atoms with Gasteiger partial charge in [0.25, 0.3) is 0 Å². The molecular formula is C27H51N3O. The predicted molar refractivity (Wildman–Crippen MR) is 131 cm³/mol. The van der Waals surface area contributed by atoms with Crippen molar-refractivity contribution in [2.75, 3.05) is 0 Å². The van der Waals surface area contributed by atoms with E-state index >= 15 is 0 Å². The summed E-state index contributed by atoms with van der Waals surface area (Å²) < 4.78 is 0. The van der Waals surface area contributed by atoms with E-state index in [9.17, 15) is 4.79 Å². The lowest BCUT2D eigenvalue weighted by atomic mass is 9.55. The fourth-order valence-electron chi connectivity index (χ4n) is 8.81. The van der Waals surface area contributed by atoms with Crippen LogP contribution in [0.1, 0.15) is 109 Å². The molecule has 4 heteroatoms. The molecule has 2 atom stereocenters. The van der Waals surface area contributed by atoms with Crippen LogP contribution in [0.3, 0.4) is 0 Å². The van der Waals surface area contributed by atoms with E-state index in [2.05, 4.69) is 99.0 Å². The average Bonchev–Trinajstić information content (AvgIpc) is 2.36. The predicted octanol–water partition coefficient (Wildman–Crippen LogP) is 5.06. The molecule has 0 saturated carbocycles. The summed E-state index contributed by atoms with van der Waals surface area (Å²) in [4.78, 5) is 14.5. The quantitative estimate of drug-likeness (QED) is 0.570.